The average Bonchev–Trinajstić information content (AvgIpc) is 2.14. The lowest BCUT2D eigenvalue weighted by Crippen LogP contribution is -2.10. The molecule has 16 heavy (non-hydrogen) atoms. The maximum atomic E-state index is 2.35. The van der Waals surface area contributed by atoms with Crippen LogP contribution >= 0.6 is 0 Å². The second-order valence-corrected chi connectivity index (χ2v) is 6.48. The van der Waals surface area contributed by atoms with Crippen molar-refractivity contribution in [1.29, 1.82) is 0 Å². The van der Waals surface area contributed by atoms with Crippen molar-refractivity contribution in [2.24, 2.45) is 11.3 Å². The summed E-state index contributed by atoms with van der Waals surface area (Å²) in [4.78, 5) is 0. The third-order valence-corrected chi connectivity index (χ3v) is 3.12. The number of hydrogen-bond donors (Lipinski definition) is 0. The Hall–Kier alpha value is -0.260. The number of unbranched alkanes of at least 4 members (excludes halogenated alkanes) is 1. The van der Waals surface area contributed by atoms with Crippen LogP contribution in [0, 0.1) is 11.3 Å². The molecule has 0 heterocycles. The number of rotatable bonds is 6. The van der Waals surface area contributed by atoms with Crippen LogP contribution in [-0.4, -0.2) is 0 Å². The van der Waals surface area contributed by atoms with E-state index in [1.807, 2.05) is 0 Å². The molecule has 0 radical (unpaired) electrons. The van der Waals surface area contributed by atoms with Crippen LogP contribution in [0.25, 0.3) is 0 Å². The number of allylic oxidation sites excluding steroid dienone is 2. The van der Waals surface area contributed by atoms with Gasteiger partial charge in [-0.3, -0.25) is 0 Å². The topological polar surface area (TPSA) is 0 Å². The van der Waals surface area contributed by atoms with E-state index in [0.717, 1.165) is 5.92 Å². The fourth-order valence-electron chi connectivity index (χ4n) is 2.35. The molecule has 0 nitrogen and oxygen atoms in total. The molecule has 0 fully saturated rings. The van der Waals surface area contributed by atoms with Crippen molar-refractivity contribution >= 4 is 0 Å². The van der Waals surface area contributed by atoms with Crippen LogP contribution in [0.2, 0.25) is 0 Å². The number of hydrogen-bond acceptors (Lipinski definition) is 0. The standard InChI is InChI=1S/C16H32/c1-8-10-11-15(13(3)4)14(9-2)12-16(5,6)7/h13H,8-12H2,1-7H3. The molecule has 0 aromatic rings. The molecule has 0 unspecified atom stereocenters. The summed E-state index contributed by atoms with van der Waals surface area (Å²) >= 11 is 0. The van der Waals surface area contributed by atoms with Crippen LogP contribution in [0.15, 0.2) is 11.1 Å². The first-order chi connectivity index (χ1) is 7.31. The minimum atomic E-state index is 0.428. The molecular weight excluding hydrogens is 192 g/mol. The summed E-state index contributed by atoms with van der Waals surface area (Å²) in [6.45, 7) is 16.3. The largest absolute Gasteiger partial charge is 0.0705 e. The van der Waals surface area contributed by atoms with Crippen LogP contribution in [0.4, 0.5) is 0 Å². The monoisotopic (exact) mass is 224 g/mol. The Morgan fingerprint density at radius 2 is 1.62 bits per heavy atom. The summed E-state index contributed by atoms with van der Waals surface area (Å²) in [7, 11) is 0. The van der Waals surface area contributed by atoms with E-state index in [0.29, 0.717) is 5.41 Å². The normalized spacial score (nSPS) is 14.2. The fourth-order valence-corrected chi connectivity index (χ4v) is 2.35. The van der Waals surface area contributed by atoms with Crippen molar-refractivity contribution < 1.29 is 0 Å². The van der Waals surface area contributed by atoms with Crippen LogP contribution < -0.4 is 0 Å². The van der Waals surface area contributed by atoms with Gasteiger partial charge in [-0.25, -0.2) is 0 Å². The maximum absolute atomic E-state index is 2.35. The molecule has 0 atom stereocenters. The van der Waals surface area contributed by atoms with E-state index in [4.69, 9.17) is 0 Å². The smallest absolute Gasteiger partial charge is 0.0257 e. The van der Waals surface area contributed by atoms with Gasteiger partial charge in [0.2, 0.25) is 0 Å². The molecule has 0 amide bonds. The van der Waals surface area contributed by atoms with Crippen molar-refractivity contribution in [3.63, 3.8) is 0 Å². The van der Waals surface area contributed by atoms with Gasteiger partial charge >= 0.3 is 0 Å². The minimum absolute atomic E-state index is 0.428. The van der Waals surface area contributed by atoms with Crippen molar-refractivity contribution in [2.75, 3.05) is 0 Å². The summed E-state index contributed by atoms with van der Waals surface area (Å²) in [5.41, 5.74) is 3.88. The predicted molar refractivity (Wildman–Crippen MR) is 75.8 cm³/mol. The van der Waals surface area contributed by atoms with Gasteiger partial charge < -0.3 is 0 Å². The first kappa shape index (κ1) is 15.7. The van der Waals surface area contributed by atoms with E-state index in [2.05, 4.69) is 48.5 Å². The quantitative estimate of drug-likeness (QED) is 0.487. The molecule has 96 valence electrons. The molecule has 0 rings (SSSR count). The van der Waals surface area contributed by atoms with E-state index in [-0.39, 0.29) is 0 Å². The first-order valence-corrected chi connectivity index (χ1v) is 7.02. The SMILES string of the molecule is CCCCC(=C(CC)CC(C)(C)C)C(C)C. The lowest BCUT2D eigenvalue weighted by molar-refractivity contribution is 0.400. The molecule has 0 aliphatic carbocycles. The van der Waals surface area contributed by atoms with Gasteiger partial charge in [0.25, 0.3) is 0 Å². The van der Waals surface area contributed by atoms with Crippen LogP contribution in [0.5, 0.6) is 0 Å². The third-order valence-electron chi connectivity index (χ3n) is 3.12. The van der Waals surface area contributed by atoms with E-state index in [1.54, 1.807) is 11.1 Å². The van der Waals surface area contributed by atoms with E-state index in [1.165, 1.54) is 32.1 Å². The Balaban J connectivity index is 4.85. The Kier molecular flexibility index (Phi) is 7.03. The summed E-state index contributed by atoms with van der Waals surface area (Å²) in [5, 5.41) is 0. The second kappa shape index (κ2) is 7.14. The second-order valence-electron chi connectivity index (χ2n) is 6.48. The third kappa shape index (κ3) is 6.35. The van der Waals surface area contributed by atoms with E-state index in [9.17, 15) is 0 Å². The minimum Gasteiger partial charge on any atom is -0.0705 e. The highest BCUT2D eigenvalue weighted by molar-refractivity contribution is 5.17. The van der Waals surface area contributed by atoms with Crippen molar-refractivity contribution in [3.8, 4) is 0 Å². The Morgan fingerprint density at radius 3 is 1.94 bits per heavy atom. The van der Waals surface area contributed by atoms with Gasteiger partial charge in [-0.1, -0.05) is 66.0 Å². The van der Waals surface area contributed by atoms with Gasteiger partial charge in [-0.15, -0.1) is 0 Å². The zero-order valence-electron chi connectivity index (χ0n) is 12.6. The summed E-state index contributed by atoms with van der Waals surface area (Å²) in [6.07, 6.45) is 6.46. The molecule has 0 aliphatic heterocycles. The average molecular weight is 224 g/mol. The molecule has 0 aromatic carbocycles. The Bertz CT molecular complexity index is 213. The Morgan fingerprint density at radius 1 is 1.06 bits per heavy atom. The van der Waals surface area contributed by atoms with Crippen LogP contribution in [0.1, 0.15) is 80.6 Å². The van der Waals surface area contributed by atoms with Gasteiger partial charge in [0.05, 0.1) is 0 Å². The first-order valence-electron chi connectivity index (χ1n) is 7.02. The molecule has 0 aliphatic rings. The zero-order chi connectivity index (χ0) is 12.8. The van der Waals surface area contributed by atoms with Crippen molar-refractivity contribution in [3.05, 3.63) is 11.1 Å². The van der Waals surface area contributed by atoms with E-state index < -0.39 is 0 Å². The van der Waals surface area contributed by atoms with Crippen LogP contribution in [0.3, 0.4) is 0 Å². The maximum Gasteiger partial charge on any atom is -0.0257 e. The fraction of sp³-hybridized carbons (Fsp3) is 0.875. The molecule has 0 heteroatoms. The lowest BCUT2D eigenvalue weighted by Gasteiger charge is -2.25. The van der Waals surface area contributed by atoms with Gasteiger partial charge in [-0.2, -0.15) is 0 Å². The molecule has 0 N–H and O–H groups in total. The summed E-state index contributed by atoms with van der Waals surface area (Å²) in [6, 6.07) is 0. The lowest BCUT2D eigenvalue weighted by atomic mass is 9.81. The predicted octanol–water partition coefficient (Wildman–Crippen LogP) is 5.98. The zero-order valence-corrected chi connectivity index (χ0v) is 12.6. The van der Waals surface area contributed by atoms with Gasteiger partial charge in [-0.05, 0) is 37.0 Å². The van der Waals surface area contributed by atoms with E-state index >= 15 is 0 Å². The molecule has 0 saturated carbocycles. The van der Waals surface area contributed by atoms with Gasteiger partial charge in [0.15, 0.2) is 0 Å². The summed E-state index contributed by atoms with van der Waals surface area (Å²) < 4.78 is 0. The molecule has 0 spiro atoms. The summed E-state index contributed by atoms with van der Waals surface area (Å²) in [5.74, 6) is 0.726. The highest BCUT2D eigenvalue weighted by atomic mass is 14.2. The Labute approximate surface area is 104 Å². The molecule has 0 aromatic heterocycles. The van der Waals surface area contributed by atoms with Crippen molar-refractivity contribution in [1.82, 2.24) is 0 Å². The molecule has 0 bridgehead atoms. The molecular formula is C16H32. The van der Waals surface area contributed by atoms with Gasteiger partial charge in [0, 0.05) is 0 Å². The van der Waals surface area contributed by atoms with Crippen molar-refractivity contribution in [2.45, 2.75) is 80.6 Å². The highest BCUT2D eigenvalue weighted by Crippen LogP contribution is 2.32. The van der Waals surface area contributed by atoms with Crippen LogP contribution in [-0.2, 0) is 0 Å². The van der Waals surface area contributed by atoms with Gasteiger partial charge in [0.1, 0.15) is 0 Å². The highest BCUT2D eigenvalue weighted by Gasteiger charge is 2.16. The molecule has 0 saturated heterocycles.